The van der Waals surface area contributed by atoms with E-state index in [-0.39, 0.29) is 0 Å². The third-order valence-electron chi connectivity index (χ3n) is 5.27. The van der Waals surface area contributed by atoms with E-state index >= 15 is 0 Å². The molecule has 1 heterocycles. The van der Waals surface area contributed by atoms with Gasteiger partial charge in [-0.25, -0.2) is 0 Å². The summed E-state index contributed by atoms with van der Waals surface area (Å²) >= 11 is 0. The summed E-state index contributed by atoms with van der Waals surface area (Å²) in [6.45, 7) is 5.82. The third-order valence-corrected chi connectivity index (χ3v) is 9.60. The Labute approximate surface area is 100 Å². The topological polar surface area (TPSA) is 9.23 Å². The van der Waals surface area contributed by atoms with Crippen LogP contribution < -0.4 is 0 Å². The van der Waals surface area contributed by atoms with Gasteiger partial charge >= 0.3 is 0 Å². The molecular formula is C14H24OSi. The first-order valence-corrected chi connectivity index (χ1v) is 9.74. The summed E-state index contributed by atoms with van der Waals surface area (Å²) in [6, 6.07) is 1.41. The molecule has 2 saturated carbocycles. The fourth-order valence-electron chi connectivity index (χ4n) is 4.62. The predicted molar refractivity (Wildman–Crippen MR) is 69.9 cm³/mol. The van der Waals surface area contributed by atoms with Gasteiger partial charge in [0, 0.05) is 12.1 Å². The highest BCUT2D eigenvalue weighted by Crippen LogP contribution is 2.60. The maximum atomic E-state index is 6.33. The maximum Gasteiger partial charge on any atom is 0.197 e. The lowest BCUT2D eigenvalue weighted by atomic mass is 9.94. The average molecular weight is 236 g/mol. The van der Waals surface area contributed by atoms with Crippen LogP contribution in [0.25, 0.3) is 0 Å². The summed E-state index contributed by atoms with van der Waals surface area (Å²) in [4.78, 5) is 0. The van der Waals surface area contributed by atoms with Crippen LogP contribution in [0.2, 0.25) is 18.1 Å². The Morgan fingerprint density at radius 1 is 1.31 bits per heavy atom. The molecule has 2 bridgehead atoms. The SMILES string of the molecule is CC=C1C2CCC(C2)C1[Si]1(C)CCCCO1. The Kier molecular flexibility index (Phi) is 2.75. The first kappa shape index (κ1) is 11.0. The van der Waals surface area contributed by atoms with E-state index in [0.29, 0.717) is 0 Å². The molecule has 4 unspecified atom stereocenters. The van der Waals surface area contributed by atoms with Crippen LogP contribution in [0.15, 0.2) is 11.6 Å². The number of hydrogen-bond acceptors (Lipinski definition) is 1. The Balaban J connectivity index is 1.87. The molecule has 2 heteroatoms. The zero-order valence-corrected chi connectivity index (χ0v) is 11.7. The maximum absolute atomic E-state index is 6.33. The van der Waals surface area contributed by atoms with E-state index in [1.807, 2.05) is 0 Å². The Bertz CT molecular complexity index is 304. The highest BCUT2D eigenvalue weighted by molar-refractivity contribution is 6.75. The molecule has 16 heavy (non-hydrogen) atoms. The van der Waals surface area contributed by atoms with E-state index in [9.17, 15) is 0 Å². The predicted octanol–water partition coefficient (Wildman–Crippen LogP) is 4.12. The number of fused-ring (bicyclic) bond motifs is 2. The van der Waals surface area contributed by atoms with Gasteiger partial charge in [0.25, 0.3) is 0 Å². The van der Waals surface area contributed by atoms with Crippen molar-refractivity contribution in [3.63, 3.8) is 0 Å². The lowest BCUT2D eigenvalue weighted by Gasteiger charge is -2.41. The van der Waals surface area contributed by atoms with Crippen molar-refractivity contribution in [1.29, 1.82) is 0 Å². The van der Waals surface area contributed by atoms with Crippen LogP contribution >= 0.6 is 0 Å². The van der Waals surface area contributed by atoms with Gasteiger partial charge in [-0.05, 0) is 57.0 Å². The van der Waals surface area contributed by atoms with Crippen LogP contribution in [-0.2, 0) is 4.43 Å². The summed E-state index contributed by atoms with van der Waals surface area (Å²) in [6.07, 6.45) is 9.59. The Morgan fingerprint density at radius 2 is 2.19 bits per heavy atom. The minimum absolute atomic E-state index is 0.886. The number of rotatable bonds is 1. The normalized spacial score (nSPS) is 50.1. The highest BCUT2D eigenvalue weighted by atomic mass is 28.4. The largest absolute Gasteiger partial charge is 0.416 e. The van der Waals surface area contributed by atoms with Crippen molar-refractivity contribution in [2.75, 3.05) is 6.61 Å². The van der Waals surface area contributed by atoms with Crippen molar-refractivity contribution >= 4 is 8.32 Å². The lowest BCUT2D eigenvalue weighted by Crippen LogP contribution is -2.45. The van der Waals surface area contributed by atoms with Crippen LogP contribution in [-0.4, -0.2) is 14.9 Å². The summed E-state index contributed by atoms with van der Waals surface area (Å²) < 4.78 is 6.33. The van der Waals surface area contributed by atoms with Crippen molar-refractivity contribution in [3.05, 3.63) is 11.6 Å². The first-order chi connectivity index (χ1) is 7.74. The molecule has 0 amide bonds. The van der Waals surface area contributed by atoms with E-state index < -0.39 is 8.32 Å². The molecule has 3 rings (SSSR count). The monoisotopic (exact) mass is 236 g/mol. The zero-order valence-electron chi connectivity index (χ0n) is 10.7. The smallest absolute Gasteiger partial charge is 0.197 e. The minimum Gasteiger partial charge on any atom is -0.416 e. The van der Waals surface area contributed by atoms with Gasteiger partial charge in [0.05, 0.1) is 0 Å². The van der Waals surface area contributed by atoms with E-state index in [1.165, 1.54) is 38.1 Å². The fraction of sp³-hybridized carbons (Fsp3) is 0.857. The fourth-order valence-corrected chi connectivity index (χ4v) is 9.22. The summed E-state index contributed by atoms with van der Waals surface area (Å²) in [5, 5.41) is 0. The Hall–Kier alpha value is -0.0831. The molecule has 1 nitrogen and oxygen atoms in total. The second kappa shape index (κ2) is 3.99. The van der Waals surface area contributed by atoms with Crippen molar-refractivity contribution < 1.29 is 4.43 Å². The lowest BCUT2D eigenvalue weighted by molar-refractivity contribution is 0.257. The van der Waals surface area contributed by atoms with Crippen molar-refractivity contribution in [2.45, 2.75) is 57.2 Å². The van der Waals surface area contributed by atoms with Gasteiger partial charge in [0.2, 0.25) is 0 Å². The summed E-state index contributed by atoms with van der Waals surface area (Å²) in [5.74, 6) is 1.93. The van der Waals surface area contributed by atoms with E-state index in [4.69, 9.17) is 4.43 Å². The molecule has 3 fully saturated rings. The van der Waals surface area contributed by atoms with E-state index in [1.54, 1.807) is 5.57 Å². The van der Waals surface area contributed by atoms with Crippen LogP contribution in [0.5, 0.6) is 0 Å². The van der Waals surface area contributed by atoms with Gasteiger partial charge in [-0.15, -0.1) is 0 Å². The van der Waals surface area contributed by atoms with Crippen molar-refractivity contribution in [3.8, 4) is 0 Å². The van der Waals surface area contributed by atoms with Crippen LogP contribution in [0.4, 0.5) is 0 Å². The summed E-state index contributed by atoms with van der Waals surface area (Å²) in [5.41, 5.74) is 2.68. The molecular weight excluding hydrogens is 212 g/mol. The van der Waals surface area contributed by atoms with Crippen molar-refractivity contribution in [1.82, 2.24) is 0 Å². The molecule has 1 saturated heterocycles. The quantitative estimate of drug-likeness (QED) is 0.491. The second-order valence-electron chi connectivity index (χ2n) is 6.15. The first-order valence-electron chi connectivity index (χ1n) is 7.04. The van der Waals surface area contributed by atoms with Gasteiger partial charge in [0.15, 0.2) is 8.32 Å². The zero-order chi connectivity index (χ0) is 11.2. The standard InChI is InChI=1S/C14H24OSi/c1-3-13-11-6-7-12(10-11)14(13)16(2)9-5-4-8-15-16/h3,11-12,14H,4-10H2,1-2H3. The third kappa shape index (κ3) is 1.53. The van der Waals surface area contributed by atoms with Gasteiger partial charge in [-0.1, -0.05) is 18.1 Å². The molecule has 0 aromatic heterocycles. The molecule has 0 spiro atoms. The molecule has 90 valence electrons. The molecule has 2 aliphatic carbocycles. The molecule has 0 radical (unpaired) electrons. The van der Waals surface area contributed by atoms with Gasteiger partial charge < -0.3 is 4.43 Å². The van der Waals surface area contributed by atoms with Crippen molar-refractivity contribution in [2.24, 2.45) is 11.8 Å². The van der Waals surface area contributed by atoms with Gasteiger partial charge in [-0.3, -0.25) is 0 Å². The molecule has 4 atom stereocenters. The van der Waals surface area contributed by atoms with Gasteiger partial charge in [0.1, 0.15) is 0 Å². The second-order valence-corrected chi connectivity index (χ2v) is 10.2. The molecule has 0 aromatic carbocycles. The molecule has 3 aliphatic rings. The van der Waals surface area contributed by atoms with Crippen LogP contribution in [0.1, 0.15) is 39.0 Å². The average Bonchev–Trinajstić information content (AvgIpc) is 2.89. The van der Waals surface area contributed by atoms with E-state index in [0.717, 1.165) is 24.0 Å². The van der Waals surface area contributed by atoms with E-state index in [2.05, 4.69) is 19.5 Å². The minimum atomic E-state index is -1.41. The molecule has 0 aromatic rings. The van der Waals surface area contributed by atoms with Crippen LogP contribution in [0, 0.1) is 11.8 Å². The Morgan fingerprint density at radius 3 is 2.88 bits per heavy atom. The molecule has 1 aliphatic heterocycles. The van der Waals surface area contributed by atoms with Crippen LogP contribution in [0.3, 0.4) is 0 Å². The highest BCUT2D eigenvalue weighted by Gasteiger charge is 2.53. The number of hydrogen-bond donors (Lipinski definition) is 0. The number of allylic oxidation sites excluding steroid dienone is 2. The van der Waals surface area contributed by atoms with Gasteiger partial charge in [-0.2, -0.15) is 0 Å². The summed E-state index contributed by atoms with van der Waals surface area (Å²) in [7, 11) is -1.41. The molecule has 0 N–H and O–H groups in total.